The van der Waals surface area contributed by atoms with E-state index >= 15 is 17.6 Å². The van der Waals surface area contributed by atoms with Crippen LogP contribution in [0.3, 0.4) is 0 Å². The fourth-order valence-corrected chi connectivity index (χ4v) is 14.8. The van der Waals surface area contributed by atoms with E-state index in [9.17, 15) is 9.59 Å². The monoisotopic (exact) mass is 710 g/mol. The second-order valence-electron chi connectivity index (χ2n) is 10.8. The number of amides is 2. The van der Waals surface area contributed by atoms with Crippen molar-refractivity contribution in [1.82, 2.24) is 0 Å². The molecule has 47 heavy (non-hydrogen) atoms. The predicted molar refractivity (Wildman–Crippen MR) is 174 cm³/mol. The van der Waals surface area contributed by atoms with Crippen LogP contribution in [0.5, 0.6) is 0 Å². The maximum absolute atomic E-state index is 17.0. The van der Waals surface area contributed by atoms with E-state index in [1.165, 1.54) is 24.3 Å². The standard InChI is InChI=1S/2C13H7ClF2NO.2C5H5.Ti/c2*14-10-4-2-1-3-9(10)13(18)17-12-6-5-8(15)7-11(12)16;2*1-2-4-5-3-1;/h2*1-6H,(H,17,18);2*1-3H,4H2;. The number of carbonyl (C=O) groups is 2. The zero-order valence-electron chi connectivity index (χ0n) is 24.4. The van der Waals surface area contributed by atoms with Crippen LogP contribution in [0.2, 0.25) is 10.0 Å². The van der Waals surface area contributed by atoms with Crippen LogP contribution in [0.25, 0.3) is 0 Å². The number of hydrogen-bond acceptors (Lipinski definition) is 2. The number of anilines is 2. The molecule has 2 aliphatic rings. The predicted octanol–water partition coefficient (Wildman–Crippen LogP) is 8.85. The van der Waals surface area contributed by atoms with E-state index in [1.54, 1.807) is 60.7 Å². The van der Waals surface area contributed by atoms with E-state index in [-0.39, 0.29) is 45.4 Å². The van der Waals surface area contributed by atoms with E-state index in [0.717, 1.165) is 24.3 Å². The van der Waals surface area contributed by atoms with Crippen molar-refractivity contribution < 1.29 is 43.7 Å². The maximum atomic E-state index is 17.0. The molecule has 0 saturated heterocycles. The number of allylic oxidation sites excluding steroid dienone is 8. The number of benzene rings is 4. The first-order valence-electron chi connectivity index (χ1n) is 14.5. The Kier molecular flexibility index (Phi) is 9.40. The third-order valence-corrected chi connectivity index (χ3v) is 16.8. The summed E-state index contributed by atoms with van der Waals surface area (Å²) in [6.45, 7) is 0. The normalized spacial score (nSPS) is 13.8. The first-order chi connectivity index (χ1) is 22.6. The molecule has 2 amide bonds. The molecule has 2 aliphatic carbocycles. The molecule has 4 aromatic carbocycles. The summed E-state index contributed by atoms with van der Waals surface area (Å²) in [5.74, 6) is -5.87. The summed E-state index contributed by atoms with van der Waals surface area (Å²) < 4.78 is 66.5. The van der Waals surface area contributed by atoms with Crippen LogP contribution < -0.4 is 18.4 Å². The number of halogens is 6. The van der Waals surface area contributed by atoms with E-state index < -0.39 is 59.4 Å². The minimum absolute atomic E-state index is 0.0525. The number of rotatable bonds is 8. The van der Waals surface area contributed by atoms with E-state index in [0.29, 0.717) is 7.76 Å². The van der Waals surface area contributed by atoms with Gasteiger partial charge in [-0.1, -0.05) is 0 Å². The molecule has 0 unspecified atom stereocenters. The summed E-state index contributed by atoms with van der Waals surface area (Å²) in [6.07, 6.45) is 10.5. The Bertz CT molecular complexity index is 1930. The zero-order valence-corrected chi connectivity index (χ0v) is 27.5. The molecule has 0 aromatic heterocycles. The molecule has 4 nitrogen and oxygen atoms in total. The van der Waals surface area contributed by atoms with E-state index in [2.05, 4.69) is 10.6 Å². The number of nitrogens with one attached hydrogen (secondary N) is 2. The van der Waals surface area contributed by atoms with Gasteiger partial charge in [0.25, 0.3) is 0 Å². The molecule has 0 bridgehead atoms. The average molecular weight is 711 g/mol. The van der Waals surface area contributed by atoms with Crippen molar-refractivity contribution in [3.63, 3.8) is 0 Å². The van der Waals surface area contributed by atoms with Crippen LogP contribution in [0.15, 0.2) is 117 Å². The molecular formula is C36H24Cl2F4N2O2Ti. The molecule has 4 aromatic rings. The van der Waals surface area contributed by atoms with Crippen molar-refractivity contribution in [3.8, 4) is 0 Å². The molecule has 11 heteroatoms. The van der Waals surface area contributed by atoms with Crippen molar-refractivity contribution in [1.29, 1.82) is 0 Å². The van der Waals surface area contributed by atoms with Crippen LogP contribution in [0, 0.1) is 23.3 Å². The molecule has 0 atom stereocenters. The molecule has 2 N–H and O–H groups in total. The van der Waals surface area contributed by atoms with Gasteiger partial charge in [0.15, 0.2) is 0 Å². The van der Waals surface area contributed by atoms with Crippen LogP contribution in [-0.2, 0) is 16.6 Å². The van der Waals surface area contributed by atoms with Gasteiger partial charge in [-0.15, -0.1) is 0 Å². The average Bonchev–Trinajstić information content (AvgIpc) is 3.79. The van der Waals surface area contributed by atoms with Crippen LogP contribution in [0.4, 0.5) is 28.9 Å². The van der Waals surface area contributed by atoms with Crippen molar-refractivity contribution in [2.45, 2.75) is 12.8 Å². The van der Waals surface area contributed by atoms with Crippen molar-refractivity contribution in [3.05, 3.63) is 161 Å². The van der Waals surface area contributed by atoms with Gasteiger partial charge in [0.2, 0.25) is 0 Å². The molecular weight excluding hydrogens is 687 g/mol. The fraction of sp³-hybridized carbons (Fsp3) is 0.0556. The van der Waals surface area contributed by atoms with Gasteiger partial charge in [-0.25, -0.2) is 0 Å². The third-order valence-electron chi connectivity index (χ3n) is 8.17. The Morgan fingerprint density at radius 1 is 0.596 bits per heavy atom. The molecule has 0 fully saturated rings. The second kappa shape index (κ2) is 13.5. The SMILES string of the molecule is O=C(Nc1ccc(F)[c]([Ti]([C]2=CC=CC2)([C]2=CC=CC2)[c]2c(F)ccc(NC(=O)c3ccccc3Cl)c2F)c1F)c1ccccc1Cl. The Balaban J connectivity index is 1.58. The first kappa shape index (κ1) is 32.7. The summed E-state index contributed by atoms with van der Waals surface area (Å²) in [5, 5.41) is 5.16. The van der Waals surface area contributed by atoms with E-state index in [4.69, 9.17) is 23.2 Å². The Morgan fingerprint density at radius 3 is 1.36 bits per heavy atom. The molecule has 0 aliphatic heterocycles. The summed E-state index contributed by atoms with van der Waals surface area (Å²) in [7, 11) is 0. The van der Waals surface area contributed by atoms with Gasteiger partial charge >= 0.3 is 283 Å². The molecule has 0 radical (unpaired) electrons. The summed E-state index contributed by atoms with van der Waals surface area (Å²) in [6, 6.07) is 16.4. The number of carbonyl (C=O) groups excluding carboxylic acids is 2. The topological polar surface area (TPSA) is 58.2 Å². The summed E-state index contributed by atoms with van der Waals surface area (Å²) in [5.41, 5.74) is -0.666. The van der Waals surface area contributed by atoms with Gasteiger partial charge in [-0.05, 0) is 0 Å². The molecule has 6 rings (SSSR count). The first-order valence-corrected chi connectivity index (χ1v) is 18.3. The van der Waals surface area contributed by atoms with Crippen LogP contribution in [-0.4, -0.2) is 11.8 Å². The van der Waals surface area contributed by atoms with Crippen LogP contribution in [0.1, 0.15) is 33.6 Å². The molecule has 0 spiro atoms. The Morgan fingerprint density at radius 2 is 1.00 bits per heavy atom. The Hall–Kier alpha value is -4.21. The van der Waals surface area contributed by atoms with Gasteiger partial charge in [0.05, 0.1) is 0 Å². The van der Waals surface area contributed by atoms with Crippen molar-refractivity contribution in [2.24, 2.45) is 0 Å². The number of hydrogen-bond donors (Lipinski definition) is 2. The van der Waals surface area contributed by atoms with Gasteiger partial charge in [-0.3, -0.25) is 0 Å². The molecule has 0 saturated carbocycles. The van der Waals surface area contributed by atoms with Crippen LogP contribution >= 0.6 is 23.2 Å². The fourth-order valence-electron chi connectivity index (χ4n) is 6.08. The van der Waals surface area contributed by atoms with Gasteiger partial charge in [0.1, 0.15) is 0 Å². The van der Waals surface area contributed by atoms with E-state index in [1.807, 2.05) is 0 Å². The molecule has 236 valence electrons. The summed E-state index contributed by atoms with van der Waals surface area (Å²) >= 11 is 7.11. The Labute approximate surface area is 281 Å². The van der Waals surface area contributed by atoms with Crippen molar-refractivity contribution >= 4 is 54.1 Å². The van der Waals surface area contributed by atoms with Gasteiger partial charge in [-0.2, -0.15) is 0 Å². The zero-order chi connectivity index (χ0) is 33.3. The van der Waals surface area contributed by atoms with Crippen molar-refractivity contribution in [2.75, 3.05) is 10.6 Å². The summed E-state index contributed by atoms with van der Waals surface area (Å²) in [4.78, 5) is 26.3. The third kappa shape index (κ3) is 5.91. The quantitative estimate of drug-likeness (QED) is 0.142. The molecule has 0 heterocycles. The van der Waals surface area contributed by atoms with Gasteiger partial charge < -0.3 is 0 Å². The van der Waals surface area contributed by atoms with Gasteiger partial charge in [0, 0.05) is 0 Å². The second-order valence-corrected chi connectivity index (χ2v) is 17.6. The minimum atomic E-state index is -5.26.